The predicted octanol–water partition coefficient (Wildman–Crippen LogP) is 0.605. The fourth-order valence-corrected chi connectivity index (χ4v) is 1.42. The monoisotopic (exact) mass is 192 g/mol. The number of rotatable bonds is 1. The molecule has 1 unspecified atom stereocenters. The second kappa shape index (κ2) is 3.57. The van der Waals surface area contributed by atoms with Crippen molar-refractivity contribution in [3.8, 4) is 5.75 Å². The van der Waals surface area contributed by atoms with Crippen molar-refractivity contribution in [1.29, 1.82) is 0 Å². The molecule has 0 bridgehead atoms. The first-order valence-electron chi connectivity index (χ1n) is 4.52. The number of fused-ring (bicyclic) bond motifs is 1. The van der Waals surface area contributed by atoms with E-state index in [9.17, 15) is 4.79 Å². The van der Waals surface area contributed by atoms with Crippen LogP contribution >= 0.6 is 0 Å². The van der Waals surface area contributed by atoms with Gasteiger partial charge in [0.15, 0.2) is 6.10 Å². The van der Waals surface area contributed by atoms with Crippen LogP contribution in [0.2, 0.25) is 0 Å². The predicted molar refractivity (Wildman–Crippen MR) is 53.4 cm³/mol. The number of ether oxygens (including phenoxy) is 1. The van der Waals surface area contributed by atoms with E-state index < -0.39 is 6.10 Å². The number of carbonyl (C=O) groups excluding carboxylic acids is 1. The van der Waals surface area contributed by atoms with E-state index in [2.05, 4.69) is 10.6 Å². The first-order valence-corrected chi connectivity index (χ1v) is 4.52. The summed E-state index contributed by atoms with van der Waals surface area (Å²) in [4.78, 5) is 11.3. The van der Waals surface area contributed by atoms with Crippen molar-refractivity contribution < 1.29 is 9.53 Å². The molecule has 0 aliphatic carbocycles. The van der Waals surface area contributed by atoms with Gasteiger partial charge in [-0.25, -0.2) is 0 Å². The zero-order valence-corrected chi connectivity index (χ0v) is 7.91. The molecular weight excluding hydrogens is 180 g/mol. The van der Waals surface area contributed by atoms with Gasteiger partial charge in [0.25, 0.3) is 5.91 Å². The van der Waals surface area contributed by atoms with Crippen LogP contribution in [0.25, 0.3) is 0 Å². The Morgan fingerprint density at radius 1 is 1.57 bits per heavy atom. The highest BCUT2D eigenvalue weighted by Gasteiger charge is 2.24. The number of benzene rings is 1. The Morgan fingerprint density at radius 2 is 2.36 bits per heavy atom. The summed E-state index contributed by atoms with van der Waals surface area (Å²) in [5.41, 5.74) is 0.938. The number of anilines is 1. The van der Waals surface area contributed by atoms with Crippen LogP contribution in [0.3, 0.4) is 0 Å². The molecule has 1 amide bonds. The smallest absolute Gasteiger partial charge is 0.262 e. The minimum absolute atomic E-state index is 0.105. The van der Waals surface area contributed by atoms with E-state index in [0.717, 1.165) is 11.4 Å². The molecule has 1 atom stereocenters. The van der Waals surface area contributed by atoms with Gasteiger partial charge in [-0.15, -0.1) is 0 Å². The normalized spacial score (nSPS) is 18.8. The molecule has 2 rings (SSSR count). The van der Waals surface area contributed by atoms with Crippen molar-refractivity contribution in [2.75, 3.05) is 18.9 Å². The summed E-state index contributed by atoms with van der Waals surface area (Å²) >= 11 is 0. The topological polar surface area (TPSA) is 50.4 Å². The lowest BCUT2D eigenvalue weighted by Gasteiger charge is -2.25. The maximum absolute atomic E-state index is 11.3. The van der Waals surface area contributed by atoms with Crippen LogP contribution < -0.4 is 15.4 Å². The van der Waals surface area contributed by atoms with Gasteiger partial charge < -0.3 is 15.4 Å². The standard InChI is InChI=1S/C10H12N2O2/c1-11-10(13)9-6-12-7-4-2-3-5-8(7)14-9/h2-5,9,12H,6H2,1H3,(H,11,13). The lowest BCUT2D eigenvalue weighted by molar-refractivity contribution is -0.127. The number of hydrogen-bond donors (Lipinski definition) is 2. The number of carbonyl (C=O) groups is 1. The molecule has 0 radical (unpaired) electrons. The highest BCUT2D eigenvalue weighted by Crippen LogP contribution is 2.27. The summed E-state index contributed by atoms with van der Waals surface area (Å²) in [6.45, 7) is 0.511. The van der Waals surface area contributed by atoms with E-state index in [1.54, 1.807) is 7.05 Å². The van der Waals surface area contributed by atoms with Crippen molar-refractivity contribution in [2.45, 2.75) is 6.10 Å². The molecular formula is C10H12N2O2. The molecule has 2 N–H and O–H groups in total. The van der Waals surface area contributed by atoms with Crippen LogP contribution in [0.4, 0.5) is 5.69 Å². The lowest BCUT2D eigenvalue weighted by Crippen LogP contribution is -2.43. The zero-order valence-electron chi connectivity index (χ0n) is 7.91. The fourth-order valence-electron chi connectivity index (χ4n) is 1.42. The Kier molecular flexibility index (Phi) is 2.26. The third-order valence-electron chi connectivity index (χ3n) is 2.17. The van der Waals surface area contributed by atoms with Gasteiger partial charge in [-0.2, -0.15) is 0 Å². The summed E-state index contributed by atoms with van der Waals surface area (Å²) in [5.74, 6) is 0.624. The maximum atomic E-state index is 11.3. The minimum atomic E-state index is -0.435. The molecule has 1 aliphatic heterocycles. The maximum Gasteiger partial charge on any atom is 0.262 e. The largest absolute Gasteiger partial charge is 0.477 e. The summed E-state index contributed by atoms with van der Waals surface area (Å²) in [6, 6.07) is 7.58. The van der Waals surface area contributed by atoms with Crippen molar-refractivity contribution in [3.63, 3.8) is 0 Å². The van der Waals surface area contributed by atoms with Crippen LogP contribution in [0, 0.1) is 0 Å². The summed E-state index contributed by atoms with van der Waals surface area (Å²) in [7, 11) is 1.60. The SMILES string of the molecule is CNC(=O)C1CNc2ccccc2O1. The fraction of sp³-hybridized carbons (Fsp3) is 0.300. The van der Waals surface area contributed by atoms with E-state index in [1.807, 2.05) is 24.3 Å². The first-order chi connectivity index (χ1) is 6.81. The zero-order chi connectivity index (χ0) is 9.97. The molecule has 0 spiro atoms. The highest BCUT2D eigenvalue weighted by atomic mass is 16.5. The number of hydrogen-bond acceptors (Lipinski definition) is 3. The van der Waals surface area contributed by atoms with Crippen LogP contribution in [0.15, 0.2) is 24.3 Å². The van der Waals surface area contributed by atoms with Gasteiger partial charge in [0, 0.05) is 7.05 Å². The van der Waals surface area contributed by atoms with E-state index in [1.165, 1.54) is 0 Å². The molecule has 4 heteroatoms. The number of amides is 1. The van der Waals surface area contributed by atoms with Crippen LogP contribution in [0.5, 0.6) is 5.75 Å². The Hall–Kier alpha value is -1.71. The highest BCUT2D eigenvalue weighted by molar-refractivity contribution is 5.82. The summed E-state index contributed by atoms with van der Waals surface area (Å²) in [5, 5.41) is 5.70. The van der Waals surface area contributed by atoms with Crippen LogP contribution in [-0.4, -0.2) is 25.6 Å². The van der Waals surface area contributed by atoms with Crippen molar-refractivity contribution in [2.24, 2.45) is 0 Å². The number of likely N-dealkylation sites (N-methyl/N-ethyl adjacent to an activating group) is 1. The molecule has 4 nitrogen and oxygen atoms in total. The van der Waals surface area contributed by atoms with Gasteiger partial charge in [0.05, 0.1) is 12.2 Å². The second-order valence-corrected chi connectivity index (χ2v) is 3.10. The second-order valence-electron chi connectivity index (χ2n) is 3.10. The summed E-state index contributed by atoms with van der Waals surface area (Å²) < 4.78 is 5.51. The number of para-hydroxylation sites is 2. The molecule has 14 heavy (non-hydrogen) atoms. The van der Waals surface area contributed by atoms with Crippen LogP contribution in [0.1, 0.15) is 0 Å². The molecule has 1 aromatic carbocycles. The average Bonchev–Trinajstić information content (AvgIpc) is 2.27. The Balaban J connectivity index is 2.17. The van der Waals surface area contributed by atoms with Gasteiger partial charge in [-0.05, 0) is 12.1 Å². The van der Waals surface area contributed by atoms with Gasteiger partial charge in [-0.3, -0.25) is 4.79 Å². The van der Waals surface area contributed by atoms with Gasteiger partial charge >= 0.3 is 0 Å². The van der Waals surface area contributed by atoms with Crippen molar-refractivity contribution >= 4 is 11.6 Å². The van der Waals surface area contributed by atoms with Crippen LogP contribution in [-0.2, 0) is 4.79 Å². The molecule has 0 saturated carbocycles. The molecule has 1 aliphatic rings. The quantitative estimate of drug-likeness (QED) is 0.685. The van der Waals surface area contributed by atoms with E-state index >= 15 is 0 Å². The molecule has 0 aromatic heterocycles. The molecule has 0 fully saturated rings. The van der Waals surface area contributed by atoms with E-state index in [4.69, 9.17) is 4.74 Å². The van der Waals surface area contributed by atoms with E-state index in [-0.39, 0.29) is 5.91 Å². The number of nitrogens with one attached hydrogen (secondary N) is 2. The molecule has 1 heterocycles. The average molecular weight is 192 g/mol. The van der Waals surface area contributed by atoms with Gasteiger partial charge in [0.1, 0.15) is 5.75 Å². The summed E-state index contributed by atoms with van der Waals surface area (Å²) in [6.07, 6.45) is -0.435. The molecule has 74 valence electrons. The third-order valence-corrected chi connectivity index (χ3v) is 2.17. The lowest BCUT2D eigenvalue weighted by atomic mass is 10.2. The van der Waals surface area contributed by atoms with Gasteiger partial charge in [-0.1, -0.05) is 12.1 Å². The van der Waals surface area contributed by atoms with Crippen molar-refractivity contribution in [1.82, 2.24) is 5.32 Å². The Labute approximate surface area is 82.3 Å². The van der Waals surface area contributed by atoms with Crippen molar-refractivity contribution in [3.05, 3.63) is 24.3 Å². The molecule has 0 saturated heterocycles. The molecule has 1 aromatic rings. The Morgan fingerprint density at radius 3 is 3.14 bits per heavy atom. The first kappa shape index (κ1) is 8.87. The van der Waals surface area contributed by atoms with Gasteiger partial charge in [0.2, 0.25) is 0 Å². The van der Waals surface area contributed by atoms with E-state index in [0.29, 0.717) is 6.54 Å². The Bertz CT molecular complexity index is 352. The minimum Gasteiger partial charge on any atom is -0.477 e. The third kappa shape index (κ3) is 1.51.